The molecule has 0 atom stereocenters. The summed E-state index contributed by atoms with van der Waals surface area (Å²) >= 11 is 3.41. The van der Waals surface area contributed by atoms with E-state index < -0.39 is 0 Å². The van der Waals surface area contributed by atoms with Crippen LogP contribution in [0.4, 0.5) is 10.1 Å². The highest BCUT2D eigenvalue weighted by atomic mass is 79.9. The lowest BCUT2D eigenvalue weighted by atomic mass is 10.0. The third kappa shape index (κ3) is 1.96. The number of nitrogens with zero attached hydrogens (tertiary/aromatic N) is 1. The predicted molar refractivity (Wildman–Crippen MR) is 84.0 cm³/mol. The van der Waals surface area contributed by atoms with Gasteiger partial charge in [0.25, 0.3) is 0 Å². The van der Waals surface area contributed by atoms with Crippen molar-refractivity contribution < 1.29 is 4.39 Å². The van der Waals surface area contributed by atoms with Crippen molar-refractivity contribution in [3.05, 3.63) is 58.3 Å². The van der Waals surface area contributed by atoms with E-state index in [9.17, 15) is 4.39 Å². The Hall–Kier alpha value is -1.94. The first-order valence-corrected chi connectivity index (χ1v) is 6.98. The number of nitrogens with two attached hydrogens (primary N) is 1. The van der Waals surface area contributed by atoms with Gasteiger partial charge < -0.3 is 5.73 Å². The molecule has 0 amide bonds. The molecule has 0 saturated heterocycles. The second-order valence-electron chi connectivity index (χ2n) is 4.62. The fourth-order valence-corrected chi connectivity index (χ4v) is 2.71. The molecule has 0 spiro atoms. The van der Waals surface area contributed by atoms with Gasteiger partial charge in [0.05, 0.1) is 16.6 Å². The third-order valence-corrected chi connectivity index (χ3v) is 4.02. The van der Waals surface area contributed by atoms with Gasteiger partial charge in [-0.1, -0.05) is 30.3 Å². The molecular formula is C16H12BrFN2. The summed E-state index contributed by atoms with van der Waals surface area (Å²) in [6, 6.07) is 12.8. The molecule has 100 valence electrons. The number of rotatable bonds is 1. The summed E-state index contributed by atoms with van der Waals surface area (Å²) < 4.78 is 14.7. The van der Waals surface area contributed by atoms with Crippen LogP contribution in [0.3, 0.4) is 0 Å². The van der Waals surface area contributed by atoms with Crippen LogP contribution in [0.2, 0.25) is 0 Å². The van der Waals surface area contributed by atoms with Crippen LogP contribution in [-0.2, 0) is 0 Å². The molecule has 2 N–H and O–H groups in total. The molecule has 4 heteroatoms. The normalized spacial score (nSPS) is 10.9. The number of hydrogen-bond donors (Lipinski definition) is 1. The van der Waals surface area contributed by atoms with Gasteiger partial charge in [-0.3, -0.25) is 0 Å². The topological polar surface area (TPSA) is 38.9 Å². The monoisotopic (exact) mass is 330 g/mol. The van der Waals surface area contributed by atoms with Gasteiger partial charge >= 0.3 is 0 Å². The number of fused-ring (bicyclic) bond motifs is 1. The quantitative estimate of drug-likeness (QED) is 0.702. The molecule has 0 radical (unpaired) electrons. The van der Waals surface area contributed by atoms with Crippen LogP contribution in [0.5, 0.6) is 0 Å². The minimum atomic E-state index is -0.351. The van der Waals surface area contributed by atoms with Crippen LogP contribution in [0, 0.1) is 12.7 Å². The highest BCUT2D eigenvalue weighted by Gasteiger charge is 2.15. The molecule has 0 aliphatic heterocycles. The first-order chi connectivity index (χ1) is 9.59. The van der Waals surface area contributed by atoms with Crippen molar-refractivity contribution in [2.45, 2.75) is 6.92 Å². The molecule has 3 aromatic rings. The van der Waals surface area contributed by atoms with E-state index in [0.29, 0.717) is 16.6 Å². The van der Waals surface area contributed by atoms with E-state index in [1.165, 1.54) is 6.07 Å². The zero-order valence-corrected chi connectivity index (χ0v) is 12.4. The molecule has 2 nitrogen and oxygen atoms in total. The van der Waals surface area contributed by atoms with Gasteiger partial charge in [-0.25, -0.2) is 9.37 Å². The Morgan fingerprint density at radius 3 is 2.50 bits per heavy atom. The van der Waals surface area contributed by atoms with E-state index in [1.807, 2.05) is 37.3 Å². The van der Waals surface area contributed by atoms with Crippen molar-refractivity contribution in [2.75, 3.05) is 5.73 Å². The van der Waals surface area contributed by atoms with Gasteiger partial charge in [0.2, 0.25) is 0 Å². The van der Waals surface area contributed by atoms with Crippen molar-refractivity contribution in [1.29, 1.82) is 0 Å². The van der Waals surface area contributed by atoms with Crippen molar-refractivity contribution in [3.63, 3.8) is 0 Å². The number of aromatic nitrogens is 1. The molecule has 0 aliphatic carbocycles. The molecule has 0 bridgehead atoms. The van der Waals surface area contributed by atoms with Gasteiger partial charge in [-0.15, -0.1) is 0 Å². The Morgan fingerprint density at radius 1 is 1.10 bits per heavy atom. The Morgan fingerprint density at radius 2 is 1.80 bits per heavy atom. The molecule has 2 aromatic carbocycles. The van der Waals surface area contributed by atoms with E-state index in [1.54, 1.807) is 6.07 Å². The minimum absolute atomic E-state index is 0.351. The zero-order valence-electron chi connectivity index (χ0n) is 10.8. The molecule has 3 rings (SSSR count). The van der Waals surface area contributed by atoms with Crippen LogP contribution in [0.25, 0.3) is 22.2 Å². The first kappa shape index (κ1) is 13.1. The second-order valence-corrected chi connectivity index (χ2v) is 5.47. The summed E-state index contributed by atoms with van der Waals surface area (Å²) in [5.74, 6) is -0.351. The maximum Gasteiger partial charge on any atom is 0.134 e. The minimum Gasteiger partial charge on any atom is -0.398 e. The zero-order chi connectivity index (χ0) is 14.3. The van der Waals surface area contributed by atoms with Gasteiger partial charge in [0.15, 0.2) is 0 Å². The van der Waals surface area contributed by atoms with Crippen LogP contribution in [0.1, 0.15) is 5.56 Å². The van der Waals surface area contributed by atoms with E-state index in [4.69, 9.17) is 5.73 Å². The average molecular weight is 331 g/mol. The molecule has 0 fully saturated rings. The van der Waals surface area contributed by atoms with Crippen LogP contribution < -0.4 is 5.73 Å². The van der Waals surface area contributed by atoms with Crippen molar-refractivity contribution in [2.24, 2.45) is 0 Å². The summed E-state index contributed by atoms with van der Waals surface area (Å²) in [5.41, 5.74) is 9.65. The lowest BCUT2D eigenvalue weighted by Gasteiger charge is -2.13. The largest absolute Gasteiger partial charge is 0.398 e. The number of nitrogen functional groups attached to an aromatic ring is 1. The highest BCUT2D eigenvalue weighted by Crippen LogP contribution is 2.35. The van der Waals surface area contributed by atoms with Gasteiger partial charge in [0, 0.05) is 15.7 Å². The fraction of sp³-hybridized carbons (Fsp3) is 0.0625. The predicted octanol–water partition coefficient (Wildman–Crippen LogP) is 4.69. The van der Waals surface area contributed by atoms with Crippen molar-refractivity contribution in [3.8, 4) is 11.3 Å². The summed E-state index contributed by atoms with van der Waals surface area (Å²) in [5, 5.41) is 0.372. The number of halogens is 2. The molecule has 0 saturated carbocycles. The molecule has 20 heavy (non-hydrogen) atoms. The maximum absolute atomic E-state index is 14.0. The van der Waals surface area contributed by atoms with Crippen molar-refractivity contribution in [1.82, 2.24) is 4.98 Å². The van der Waals surface area contributed by atoms with E-state index in [-0.39, 0.29) is 5.82 Å². The number of pyridine rings is 1. The third-order valence-electron chi connectivity index (χ3n) is 3.38. The summed E-state index contributed by atoms with van der Waals surface area (Å²) in [6.07, 6.45) is 0. The Bertz CT molecular complexity index is 801. The molecular weight excluding hydrogens is 319 g/mol. The second kappa shape index (κ2) is 4.87. The van der Waals surface area contributed by atoms with Gasteiger partial charge in [-0.2, -0.15) is 0 Å². The number of anilines is 1. The molecule has 1 aromatic heterocycles. The first-order valence-electron chi connectivity index (χ1n) is 6.19. The van der Waals surface area contributed by atoms with Crippen LogP contribution in [-0.4, -0.2) is 4.98 Å². The van der Waals surface area contributed by atoms with E-state index in [2.05, 4.69) is 20.9 Å². The lowest BCUT2D eigenvalue weighted by molar-refractivity contribution is 0.639. The Balaban J connectivity index is 2.42. The molecule has 1 heterocycles. The maximum atomic E-state index is 14.0. The standard InChI is InChI=1S/C16H12BrFN2/c1-9-14(19)13-12(18)8-7-11(17)16(13)20-15(9)10-5-3-2-4-6-10/h2-8H,1H3,(H2,19,20). The summed E-state index contributed by atoms with van der Waals surface area (Å²) in [7, 11) is 0. The van der Waals surface area contributed by atoms with Gasteiger partial charge in [-0.05, 0) is 40.5 Å². The van der Waals surface area contributed by atoms with E-state index in [0.717, 1.165) is 21.3 Å². The average Bonchev–Trinajstić information content (AvgIpc) is 2.47. The molecule has 0 aliphatic rings. The van der Waals surface area contributed by atoms with E-state index >= 15 is 0 Å². The SMILES string of the molecule is Cc1c(-c2ccccc2)nc2c(Br)ccc(F)c2c1N. The lowest BCUT2D eigenvalue weighted by Crippen LogP contribution is -2.00. The van der Waals surface area contributed by atoms with Crippen molar-refractivity contribution >= 4 is 32.5 Å². The number of hydrogen-bond acceptors (Lipinski definition) is 2. The highest BCUT2D eigenvalue weighted by molar-refractivity contribution is 9.10. The fourth-order valence-electron chi connectivity index (χ4n) is 2.29. The van der Waals surface area contributed by atoms with Crippen LogP contribution >= 0.6 is 15.9 Å². The number of benzene rings is 2. The van der Waals surface area contributed by atoms with Crippen LogP contribution in [0.15, 0.2) is 46.9 Å². The smallest absolute Gasteiger partial charge is 0.134 e. The Kier molecular flexibility index (Phi) is 3.18. The summed E-state index contributed by atoms with van der Waals surface area (Å²) in [6.45, 7) is 1.87. The Labute approximate surface area is 124 Å². The summed E-state index contributed by atoms with van der Waals surface area (Å²) in [4.78, 5) is 4.60. The van der Waals surface area contributed by atoms with Gasteiger partial charge in [0.1, 0.15) is 5.82 Å². The molecule has 0 unspecified atom stereocenters.